The van der Waals surface area contributed by atoms with Crippen LogP contribution in [0.15, 0.2) is 17.0 Å². The molecule has 0 atom stereocenters. The van der Waals surface area contributed by atoms with Gasteiger partial charge in [0.25, 0.3) is 10.1 Å². The molecule has 0 spiro atoms. The lowest BCUT2D eigenvalue weighted by molar-refractivity contribution is -0.386. The molecule has 0 amide bonds. The summed E-state index contributed by atoms with van der Waals surface area (Å²) in [7, 11) is -4.81. The van der Waals surface area contributed by atoms with E-state index in [1.54, 1.807) is 0 Å². The molecule has 0 unspecified atom stereocenters. The Balaban J connectivity index is 3.71. The fourth-order valence-electron chi connectivity index (χ4n) is 1.04. The smallest absolute Gasteiger partial charge is 0.339 e. The minimum absolute atomic E-state index is 0.358. The van der Waals surface area contributed by atoms with Crippen LogP contribution in [-0.4, -0.2) is 34.1 Å². The molecular formula is C7H5NO8S. The summed E-state index contributed by atoms with van der Waals surface area (Å²) in [5.74, 6) is -2.95. The molecule has 1 rings (SSSR count). The Labute approximate surface area is 93.8 Å². The number of nitro benzene ring substituents is 1. The monoisotopic (exact) mass is 263 g/mol. The zero-order chi connectivity index (χ0) is 13.4. The van der Waals surface area contributed by atoms with Crippen molar-refractivity contribution in [3.8, 4) is 5.75 Å². The number of rotatable bonds is 3. The third-order valence-corrected chi connectivity index (χ3v) is 2.62. The highest BCUT2D eigenvalue weighted by molar-refractivity contribution is 7.85. The summed E-state index contributed by atoms with van der Waals surface area (Å²) in [5, 5.41) is 28.3. The molecule has 0 fully saturated rings. The highest BCUT2D eigenvalue weighted by Crippen LogP contribution is 2.32. The van der Waals surface area contributed by atoms with Gasteiger partial charge in [0.1, 0.15) is 10.5 Å². The molecule has 0 radical (unpaired) electrons. The predicted molar refractivity (Wildman–Crippen MR) is 51.5 cm³/mol. The second-order valence-corrected chi connectivity index (χ2v) is 4.30. The second-order valence-electron chi connectivity index (χ2n) is 2.88. The van der Waals surface area contributed by atoms with Crippen LogP contribution in [0.4, 0.5) is 5.69 Å². The van der Waals surface area contributed by atoms with E-state index in [-0.39, 0.29) is 0 Å². The maximum atomic E-state index is 10.8. The number of carbonyl (C=O) groups is 1. The number of hydrogen-bond acceptors (Lipinski definition) is 6. The zero-order valence-electron chi connectivity index (χ0n) is 7.89. The number of benzene rings is 1. The number of carboxylic acid groups (broad SMARTS) is 1. The van der Waals surface area contributed by atoms with Gasteiger partial charge in [-0.3, -0.25) is 14.7 Å². The van der Waals surface area contributed by atoms with Crippen molar-refractivity contribution < 1.29 is 32.9 Å². The van der Waals surface area contributed by atoms with Gasteiger partial charge in [0.05, 0.1) is 4.92 Å². The zero-order valence-corrected chi connectivity index (χ0v) is 8.71. The van der Waals surface area contributed by atoms with Crippen LogP contribution in [0.3, 0.4) is 0 Å². The third-order valence-electron chi connectivity index (χ3n) is 1.79. The van der Waals surface area contributed by atoms with E-state index < -0.39 is 42.9 Å². The quantitative estimate of drug-likeness (QED) is 0.398. The number of phenols is 1. The van der Waals surface area contributed by atoms with Crippen molar-refractivity contribution in [1.29, 1.82) is 0 Å². The van der Waals surface area contributed by atoms with Gasteiger partial charge in [0.15, 0.2) is 0 Å². The highest BCUT2D eigenvalue weighted by atomic mass is 32.2. The molecule has 0 saturated carbocycles. The Hall–Kier alpha value is -2.20. The fourth-order valence-corrected chi connectivity index (χ4v) is 1.57. The second kappa shape index (κ2) is 3.99. The SMILES string of the molecule is O=C(O)c1cc(S(=O)(=O)O)cc([N+](=O)[O-])c1O. The molecule has 0 aromatic heterocycles. The van der Waals surface area contributed by atoms with Gasteiger partial charge in [-0.15, -0.1) is 0 Å². The normalized spacial score (nSPS) is 11.1. The van der Waals surface area contributed by atoms with Crippen LogP contribution >= 0.6 is 0 Å². The van der Waals surface area contributed by atoms with Gasteiger partial charge >= 0.3 is 11.7 Å². The third kappa shape index (κ3) is 2.49. The van der Waals surface area contributed by atoms with E-state index in [0.29, 0.717) is 12.1 Å². The van der Waals surface area contributed by atoms with Gasteiger partial charge in [0.2, 0.25) is 5.75 Å². The summed E-state index contributed by atoms with van der Waals surface area (Å²) in [6.45, 7) is 0. The number of aromatic carboxylic acids is 1. The molecule has 92 valence electrons. The molecular weight excluding hydrogens is 258 g/mol. The molecule has 0 bridgehead atoms. The number of aromatic hydroxyl groups is 1. The molecule has 0 aliphatic carbocycles. The van der Waals surface area contributed by atoms with Crippen LogP contribution in [0.2, 0.25) is 0 Å². The number of carboxylic acids is 1. The Morgan fingerprint density at radius 3 is 2.24 bits per heavy atom. The molecule has 0 aliphatic rings. The fraction of sp³-hybridized carbons (Fsp3) is 0. The largest absolute Gasteiger partial charge is 0.501 e. The van der Waals surface area contributed by atoms with Gasteiger partial charge in [-0.1, -0.05) is 0 Å². The summed E-state index contributed by atoms with van der Waals surface area (Å²) < 4.78 is 30.2. The average Bonchev–Trinajstić information content (AvgIpc) is 2.14. The van der Waals surface area contributed by atoms with Crippen molar-refractivity contribution in [1.82, 2.24) is 0 Å². The Morgan fingerprint density at radius 1 is 1.35 bits per heavy atom. The van der Waals surface area contributed by atoms with E-state index in [1.807, 2.05) is 0 Å². The van der Waals surface area contributed by atoms with Gasteiger partial charge in [-0.2, -0.15) is 8.42 Å². The first-order valence-corrected chi connectivity index (χ1v) is 5.30. The van der Waals surface area contributed by atoms with E-state index in [2.05, 4.69) is 0 Å². The molecule has 17 heavy (non-hydrogen) atoms. The molecule has 10 heteroatoms. The van der Waals surface area contributed by atoms with Crippen LogP contribution in [0.25, 0.3) is 0 Å². The first-order valence-electron chi connectivity index (χ1n) is 3.86. The first kappa shape index (κ1) is 12.9. The van der Waals surface area contributed by atoms with Gasteiger partial charge in [-0.25, -0.2) is 4.79 Å². The van der Waals surface area contributed by atoms with E-state index >= 15 is 0 Å². The molecule has 0 aliphatic heterocycles. The Bertz CT molecular complexity index is 569. The minimum Gasteiger partial charge on any atom is -0.501 e. The van der Waals surface area contributed by atoms with Crippen molar-refractivity contribution in [3.63, 3.8) is 0 Å². The van der Waals surface area contributed by atoms with E-state index in [9.17, 15) is 28.4 Å². The number of nitro groups is 1. The van der Waals surface area contributed by atoms with Crippen LogP contribution < -0.4 is 0 Å². The van der Waals surface area contributed by atoms with E-state index in [0.717, 1.165) is 0 Å². The van der Waals surface area contributed by atoms with Crippen LogP contribution in [-0.2, 0) is 10.1 Å². The summed E-state index contributed by atoms with van der Waals surface area (Å²) in [4.78, 5) is 18.9. The molecule has 0 saturated heterocycles. The lowest BCUT2D eigenvalue weighted by Gasteiger charge is -2.03. The van der Waals surface area contributed by atoms with Gasteiger partial charge < -0.3 is 10.2 Å². The van der Waals surface area contributed by atoms with Crippen LogP contribution in [0, 0.1) is 10.1 Å². The van der Waals surface area contributed by atoms with Crippen molar-refractivity contribution in [3.05, 3.63) is 27.8 Å². The minimum atomic E-state index is -4.81. The van der Waals surface area contributed by atoms with Crippen molar-refractivity contribution >= 4 is 21.8 Å². The van der Waals surface area contributed by atoms with Crippen molar-refractivity contribution in [2.75, 3.05) is 0 Å². The highest BCUT2D eigenvalue weighted by Gasteiger charge is 2.26. The van der Waals surface area contributed by atoms with E-state index in [4.69, 9.17) is 9.66 Å². The first-order chi connectivity index (χ1) is 7.64. The number of nitrogens with zero attached hydrogens (tertiary/aromatic N) is 1. The average molecular weight is 263 g/mol. The van der Waals surface area contributed by atoms with Crippen molar-refractivity contribution in [2.45, 2.75) is 4.90 Å². The van der Waals surface area contributed by atoms with Crippen molar-refractivity contribution in [2.24, 2.45) is 0 Å². The lowest BCUT2D eigenvalue weighted by atomic mass is 10.2. The Morgan fingerprint density at radius 2 is 1.88 bits per heavy atom. The summed E-state index contributed by atoms with van der Waals surface area (Å²) in [5.41, 5.74) is -2.12. The van der Waals surface area contributed by atoms with E-state index in [1.165, 1.54) is 0 Å². The summed E-state index contributed by atoms with van der Waals surface area (Å²) in [6, 6.07) is 0.775. The molecule has 1 aromatic carbocycles. The summed E-state index contributed by atoms with van der Waals surface area (Å²) >= 11 is 0. The van der Waals surface area contributed by atoms with Crippen LogP contribution in [0.1, 0.15) is 10.4 Å². The predicted octanol–water partition coefficient (Wildman–Crippen LogP) is 0.245. The molecule has 3 N–H and O–H groups in total. The van der Waals surface area contributed by atoms with Gasteiger partial charge in [-0.05, 0) is 6.07 Å². The van der Waals surface area contributed by atoms with Crippen LogP contribution in [0.5, 0.6) is 5.75 Å². The maximum absolute atomic E-state index is 10.8. The molecule has 1 aromatic rings. The molecule has 9 nitrogen and oxygen atoms in total. The topological polar surface area (TPSA) is 155 Å². The lowest BCUT2D eigenvalue weighted by Crippen LogP contribution is -2.05. The maximum Gasteiger partial charge on any atom is 0.339 e. The molecule has 0 heterocycles. The number of hydrogen-bond donors (Lipinski definition) is 3. The van der Waals surface area contributed by atoms with Gasteiger partial charge in [0, 0.05) is 6.07 Å². The Kier molecular flexibility index (Phi) is 3.02. The standard InChI is InChI=1S/C7H5NO8S/c9-6-4(7(10)11)1-3(17(14,15)16)2-5(6)8(12)13/h1-2,9H,(H,10,11)(H,14,15,16). The summed E-state index contributed by atoms with van der Waals surface area (Å²) in [6.07, 6.45) is 0.